The number of quaternary nitrogens is 1. The number of hydrogen-bond donors (Lipinski definition) is 1. The molecule has 0 aliphatic carbocycles. The second-order valence-corrected chi connectivity index (χ2v) is 13.0. The van der Waals surface area contributed by atoms with E-state index in [2.05, 4.69) is 10.1 Å². The summed E-state index contributed by atoms with van der Waals surface area (Å²) in [5, 5.41) is 2.53. The first kappa shape index (κ1) is 33.0. The molecule has 46 heavy (non-hydrogen) atoms. The van der Waals surface area contributed by atoms with Gasteiger partial charge in [-0.15, -0.1) is 13.2 Å². The van der Waals surface area contributed by atoms with Gasteiger partial charge in [-0.3, -0.25) is 14.1 Å². The van der Waals surface area contributed by atoms with Crippen LogP contribution in [0.15, 0.2) is 65.6 Å². The van der Waals surface area contributed by atoms with E-state index < -0.39 is 61.1 Å². The Hall–Kier alpha value is -4.37. The number of rotatable bonds is 8. The van der Waals surface area contributed by atoms with Gasteiger partial charge in [0.05, 0.1) is 38.1 Å². The summed E-state index contributed by atoms with van der Waals surface area (Å²) in [5.41, 5.74) is -1.49. The van der Waals surface area contributed by atoms with Gasteiger partial charge >= 0.3 is 12.3 Å². The molecule has 15 heteroatoms. The standard InChI is InChI=1S/C31H31F4N3O7S/c1-18-10-12-23-22(14-18)30(21-8-6-7-9-25(21)44-5,38(3)17-19(32)15-24(38)28(39)36-2)29(40)37(23)46(41,42)27-13-11-20(43-4)16-26(27)45-31(33,34)35/h6-14,16,19,24H,15,17H2,1-5H3/p+1/t19-,24+,30?,38?/m1/s1. The van der Waals surface area contributed by atoms with E-state index in [9.17, 15) is 26.4 Å². The first-order chi connectivity index (χ1) is 21.6. The molecule has 1 saturated heterocycles. The van der Waals surface area contributed by atoms with E-state index in [4.69, 9.17) is 9.47 Å². The van der Waals surface area contributed by atoms with Gasteiger partial charge in [0.1, 0.15) is 22.9 Å². The lowest BCUT2D eigenvalue weighted by Crippen LogP contribution is -2.69. The zero-order valence-corrected chi connectivity index (χ0v) is 26.3. The molecule has 2 amide bonds. The van der Waals surface area contributed by atoms with Crippen molar-refractivity contribution in [3.63, 3.8) is 0 Å². The number of likely N-dealkylation sites (tertiary alicyclic amines) is 1. The molecular weight excluding hydrogens is 634 g/mol. The van der Waals surface area contributed by atoms with Crippen LogP contribution in [0.1, 0.15) is 23.1 Å². The Morgan fingerprint density at radius 3 is 2.35 bits per heavy atom. The Kier molecular flexibility index (Phi) is 8.22. The minimum atomic E-state index is -5.30. The number of carbonyl (C=O) groups is 2. The number of nitrogens with zero attached hydrogens (tertiary/aromatic N) is 2. The molecule has 0 spiro atoms. The van der Waals surface area contributed by atoms with Gasteiger partial charge in [0, 0.05) is 19.5 Å². The van der Waals surface area contributed by atoms with Crippen LogP contribution in [0.25, 0.3) is 0 Å². The number of ether oxygens (including phenoxy) is 3. The van der Waals surface area contributed by atoms with Gasteiger partial charge in [-0.05, 0) is 43.3 Å². The van der Waals surface area contributed by atoms with Crippen molar-refractivity contribution in [1.29, 1.82) is 0 Å². The number of halogens is 4. The van der Waals surface area contributed by atoms with Gasteiger partial charge < -0.3 is 19.5 Å². The predicted molar refractivity (Wildman–Crippen MR) is 158 cm³/mol. The van der Waals surface area contributed by atoms with Crippen LogP contribution >= 0.6 is 0 Å². The van der Waals surface area contributed by atoms with Crippen LogP contribution in [0.5, 0.6) is 17.2 Å². The third kappa shape index (κ3) is 4.92. The fraction of sp³-hybridized carbons (Fsp3) is 0.355. The smallest absolute Gasteiger partial charge is 0.497 e. The maximum absolute atomic E-state index is 15.5. The molecule has 0 bridgehead atoms. The van der Waals surface area contributed by atoms with Crippen LogP contribution in [0.4, 0.5) is 23.2 Å². The van der Waals surface area contributed by atoms with E-state index in [0.717, 1.165) is 18.2 Å². The van der Waals surface area contributed by atoms with E-state index in [-0.39, 0.29) is 41.3 Å². The van der Waals surface area contributed by atoms with Gasteiger partial charge in [0.15, 0.2) is 18.0 Å². The minimum absolute atomic E-state index is 0.0999. The largest absolute Gasteiger partial charge is 0.573 e. The summed E-state index contributed by atoms with van der Waals surface area (Å²) in [6, 6.07) is 12.2. The van der Waals surface area contributed by atoms with Crippen LogP contribution in [-0.4, -0.2) is 78.2 Å². The van der Waals surface area contributed by atoms with Crippen molar-refractivity contribution in [3.8, 4) is 17.2 Å². The number of benzene rings is 3. The zero-order chi connectivity index (χ0) is 33.8. The first-order valence-electron chi connectivity index (χ1n) is 14.1. The van der Waals surface area contributed by atoms with E-state index in [1.807, 2.05) is 0 Å². The van der Waals surface area contributed by atoms with Crippen molar-refractivity contribution in [2.24, 2.45) is 0 Å². The predicted octanol–water partition coefficient (Wildman–Crippen LogP) is 4.19. The van der Waals surface area contributed by atoms with Crippen molar-refractivity contribution < 1.29 is 54.3 Å². The van der Waals surface area contributed by atoms with Gasteiger partial charge in [-0.25, -0.2) is 12.8 Å². The summed E-state index contributed by atoms with van der Waals surface area (Å²) in [5.74, 6) is -2.85. The van der Waals surface area contributed by atoms with Gasteiger partial charge in [-0.2, -0.15) is 4.31 Å². The summed E-state index contributed by atoms with van der Waals surface area (Å²) in [7, 11) is 0.182. The average molecular weight is 667 g/mol. The number of para-hydroxylation sites is 1. The number of likely N-dealkylation sites (N-methyl/N-ethyl adjacent to an activating group) is 2. The molecule has 246 valence electrons. The Morgan fingerprint density at radius 1 is 1.02 bits per heavy atom. The monoisotopic (exact) mass is 666 g/mol. The number of aryl methyl sites for hydroxylation is 1. The third-order valence-electron chi connectivity index (χ3n) is 8.71. The minimum Gasteiger partial charge on any atom is -0.497 e. The summed E-state index contributed by atoms with van der Waals surface area (Å²) in [4.78, 5) is 27.7. The number of fused-ring (bicyclic) bond motifs is 1. The number of sulfonamides is 1. The van der Waals surface area contributed by atoms with Crippen molar-refractivity contribution in [1.82, 2.24) is 5.32 Å². The van der Waals surface area contributed by atoms with Crippen LogP contribution in [0.3, 0.4) is 0 Å². The number of nitrogens with one attached hydrogen (secondary N) is 1. The Balaban J connectivity index is 1.89. The highest BCUT2D eigenvalue weighted by atomic mass is 32.2. The van der Waals surface area contributed by atoms with E-state index >= 15 is 9.18 Å². The third-order valence-corrected chi connectivity index (χ3v) is 10.4. The number of alkyl halides is 4. The molecule has 3 aromatic rings. The number of amides is 2. The summed E-state index contributed by atoms with van der Waals surface area (Å²) < 4.78 is 99.8. The molecule has 5 rings (SSSR count). The highest BCUT2D eigenvalue weighted by molar-refractivity contribution is 7.93. The molecule has 0 aromatic heterocycles. The molecule has 2 aliphatic rings. The molecule has 2 unspecified atom stereocenters. The first-order valence-corrected chi connectivity index (χ1v) is 15.5. The van der Waals surface area contributed by atoms with Crippen molar-refractivity contribution in [2.45, 2.75) is 42.4 Å². The van der Waals surface area contributed by atoms with E-state index in [1.165, 1.54) is 46.5 Å². The Bertz CT molecular complexity index is 1820. The van der Waals surface area contributed by atoms with Crippen LogP contribution in [-0.2, 0) is 25.2 Å². The Labute approximate surface area is 263 Å². The topological polar surface area (TPSA) is 111 Å². The highest BCUT2D eigenvalue weighted by Gasteiger charge is 2.72. The molecule has 2 aliphatic heterocycles. The maximum atomic E-state index is 15.5. The van der Waals surface area contributed by atoms with Crippen molar-refractivity contribution in [2.75, 3.05) is 39.2 Å². The van der Waals surface area contributed by atoms with Gasteiger partial charge in [-0.1, -0.05) is 23.8 Å². The highest BCUT2D eigenvalue weighted by Crippen LogP contribution is 2.58. The molecule has 0 radical (unpaired) electrons. The molecule has 10 nitrogen and oxygen atoms in total. The van der Waals surface area contributed by atoms with Crippen LogP contribution < -0.4 is 23.8 Å². The lowest BCUT2D eigenvalue weighted by molar-refractivity contribution is -0.953. The molecule has 1 fully saturated rings. The molecule has 0 saturated carbocycles. The summed E-state index contributed by atoms with van der Waals surface area (Å²) >= 11 is 0. The average Bonchev–Trinajstić information content (AvgIpc) is 3.46. The number of hydrogen-bond acceptors (Lipinski definition) is 7. The van der Waals surface area contributed by atoms with Crippen molar-refractivity contribution >= 4 is 27.5 Å². The van der Waals surface area contributed by atoms with Crippen molar-refractivity contribution in [3.05, 3.63) is 77.4 Å². The Morgan fingerprint density at radius 2 is 1.72 bits per heavy atom. The SMILES string of the molecule is CNC(=O)[C@@H]1C[C@@H](F)C[N+]1(C)C1(c2ccccc2OC)C(=O)N(S(=O)(=O)c2ccc(OC)cc2OC(F)(F)F)c2ccc(C)cc21. The zero-order valence-electron chi connectivity index (χ0n) is 25.5. The lowest BCUT2D eigenvalue weighted by atomic mass is 9.78. The second kappa shape index (κ2) is 11.5. The number of carbonyl (C=O) groups excluding carboxylic acids is 2. The van der Waals surface area contributed by atoms with E-state index in [0.29, 0.717) is 9.87 Å². The number of anilines is 1. The van der Waals surface area contributed by atoms with E-state index in [1.54, 1.807) is 31.2 Å². The summed E-state index contributed by atoms with van der Waals surface area (Å²) in [6.07, 6.45) is -7.15. The molecule has 4 atom stereocenters. The van der Waals surface area contributed by atoms with Crippen LogP contribution in [0, 0.1) is 6.92 Å². The second-order valence-electron chi connectivity index (χ2n) is 11.3. The maximum Gasteiger partial charge on any atom is 0.573 e. The lowest BCUT2D eigenvalue weighted by Gasteiger charge is -2.48. The van der Waals surface area contributed by atoms with Gasteiger partial charge in [0.25, 0.3) is 15.9 Å². The normalized spacial score (nSPS) is 24.5. The molecule has 1 N–H and O–H groups in total. The van der Waals surface area contributed by atoms with Gasteiger partial charge in [0.2, 0.25) is 5.54 Å². The van der Waals surface area contributed by atoms with Crippen LogP contribution in [0.2, 0.25) is 0 Å². The number of methoxy groups -OCH3 is 2. The summed E-state index contributed by atoms with van der Waals surface area (Å²) in [6.45, 7) is 1.32. The fourth-order valence-corrected chi connectivity index (χ4v) is 8.38. The molecule has 3 aromatic carbocycles. The molecular formula is C31H32F4N3O7S+. The quantitative estimate of drug-likeness (QED) is 0.284. The molecule has 2 heterocycles. The fourth-order valence-electron chi connectivity index (χ4n) is 6.82.